The molecule has 0 bridgehead atoms. The van der Waals surface area contributed by atoms with E-state index in [4.69, 9.17) is 0 Å². The Balaban J connectivity index is 1.10. The lowest BCUT2D eigenvalue weighted by molar-refractivity contribution is 0.799. The van der Waals surface area contributed by atoms with Crippen LogP contribution in [-0.2, 0) is 5.41 Å². The highest BCUT2D eigenvalue weighted by Gasteiger charge is 2.57. The van der Waals surface area contributed by atoms with Crippen molar-refractivity contribution in [3.8, 4) is 44.5 Å². The zero-order chi connectivity index (χ0) is 49.4. The summed E-state index contributed by atoms with van der Waals surface area (Å²) in [6.45, 7) is 16.1. The van der Waals surface area contributed by atoms with E-state index >= 15 is 0 Å². The van der Waals surface area contributed by atoms with E-state index in [0.29, 0.717) is 17.8 Å². The summed E-state index contributed by atoms with van der Waals surface area (Å²) in [4.78, 5) is 6.71. The highest BCUT2D eigenvalue weighted by Crippen LogP contribution is 2.67. The van der Waals surface area contributed by atoms with Gasteiger partial charge >= 0.3 is 0 Å². The molecule has 0 fully saturated rings. The summed E-state index contributed by atoms with van der Waals surface area (Å²) in [7, 11) is 0. The quantitative estimate of drug-likeness (QED) is 0.147. The first kappa shape index (κ1) is 44.1. The smallest absolute Gasteiger partial charge is 0.264 e. The van der Waals surface area contributed by atoms with Crippen LogP contribution < -0.4 is 25.5 Å². The summed E-state index contributed by atoms with van der Waals surface area (Å²) < 4.78 is 1.41. The maximum absolute atomic E-state index is 2.68. The number of nitrogens with zero attached hydrogens (tertiary/aromatic N) is 2. The van der Waals surface area contributed by atoms with E-state index in [-0.39, 0.29) is 6.71 Å². The van der Waals surface area contributed by atoms with Gasteiger partial charge in [0.1, 0.15) is 0 Å². The molecule has 0 saturated heterocycles. The number of anilines is 6. The van der Waals surface area contributed by atoms with Crippen molar-refractivity contribution in [3.05, 3.63) is 244 Å². The second-order valence-corrected chi connectivity index (χ2v) is 22.9. The van der Waals surface area contributed by atoms with Crippen LogP contribution in [0.5, 0.6) is 0 Å². The predicted octanol–water partition coefficient (Wildman–Crippen LogP) is 17.2. The Morgan fingerprint density at radius 2 is 0.945 bits per heavy atom. The number of hydrogen-bond acceptors (Lipinski definition) is 3. The minimum atomic E-state index is -0.477. The third-order valence-electron chi connectivity index (χ3n) is 16.7. The second kappa shape index (κ2) is 16.4. The van der Waals surface area contributed by atoms with Crippen LogP contribution in [0.25, 0.3) is 44.5 Å². The fourth-order valence-electron chi connectivity index (χ4n) is 13.1. The lowest BCUT2D eigenvalue weighted by Crippen LogP contribution is -2.60. The molecule has 2 aliphatic heterocycles. The van der Waals surface area contributed by atoms with Gasteiger partial charge < -0.3 is 9.80 Å². The van der Waals surface area contributed by atoms with Crippen LogP contribution in [0, 0.1) is 6.92 Å². The van der Waals surface area contributed by atoms with E-state index in [2.05, 4.69) is 270 Å². The maximum atomic E-state index is 2.68. The van der Waals surface area contributed by atoms with Crippen LogP contribution in [0.3, 0.4) is 0 Å². The Hall–Kier alpha value is -7.66. The molecular weight excluding hydrogens is 900 g/mol. The minimum Gasteiger partial charge on any atom is -0.311 e. The van der Waals surface area contributed by atoms with Crippen molar-refractivity contribution in [1.29, 1.82) is 0 Å². The fraction of sp³-hybridized carbons (Fsp3) is 0.159. The van der Waals surface area contributed by atoms with Gasteiger partial charge in [0.2, 0.25) is 0 Å². The van der Waals surface area contributed by atoms with Gasteiger partial charge in [0, 0.05) is 43.7 Å². The normalized spacial score (nSPS) is 14.1. The van der Waals surface area contributed by atoms with E-state index in [1.165, 1.54) is 138 Å². The Morgan fingerprint density at radius 3 is 1.55 bits per heavy atom. The van der Waals surface area contributed by atoms with Gasteiger partial charge in [-0.15, -0.1) is 11.3 Å². The summed E-state index contributed by atoms with van der Waals surface area (Å²) in [6, 6.07) is 77.1. The maximum Gasteiger partial charge on any atom is 0.264 e. The molecule has 14 rings (SSSR count). The van der Waals surface area contributed by atoms with Crippen molar-refractivity contribution in [2.45, 2.75) is 71.6 Å². The minimum absolute atomic E-state index is 0.0238. The highest BCUT2D eigenvalue weighted by atomic mass is 32.1. The average molecular weight is 957 g/mol. The number of aryl methyl sites for hydroxylation is 1. The third kappa shape index (κ3) is 6.29. The highest BCUT2D eigenvalue weighted by molar-refractivity contribution is 7.30. The first-order chi connectivity index (χ1) is 35.6. The lowest BCUT2D eigenvalue weighted by Gasteiger charge is -2.44. The van der Waals surface area contributed by atoms with Crippen LogP contribution in [0.1, 0.15) is 103 Å². The molecule has 3 heterocycles. The molecule has 10 aromatic rings. The zero-order valence-corrected chi connectivity index (χ0v) is 43.5. The van der Waals surface area contributed by atoms with Crippen molar-refractivity contribution >= 4 is 67.9 Å². The Labute approximate surface area is 435 Å². The number of fused-ring (bicyclic) bond motifs is 15. The average Bonchev–Trinajstić information content (AvgIpc) is 4.07. The molecule has 0 N–H and O–H groups in total. The standard InChI is InChI=1S/C69H57BN2S/c1-41(2)45-25-31-50(32-26-45)71-61-40-49(53-20-12-11-19-52(53)47-17-9-8-10-18-47)30-36-60(61)70-65-62(71)37-44(7)38-63(65)72(51-33-27-46(28-34-51)42(3)4)66-64-56-35-29-48(43(5)6)39-59(56)69(67(64)73-68(66)70)57-23-15-13-21-54(57)55-22-14-16-24-58(55)69/h8-43H,1-7H3. The molecule has 0 atom stereocenters. The molecule has 2 aliphatic carbocycles. The van der Waals surface area contributed by atoms with E-state index in [0.717, 1.165) is 0 Å². The van der Waals surface area contributed by atoms with Crippen LogP contribution in [-0.4, -0.2) is 6.71 Å². The molecule has 1 spiro atoms. The molecule has 1 aromatic heterocycles. The number of benzene rings is 9. The van der Waals surface area contributed by atoms with E-state index in [9.17, 15) is 0 Å². The number of rotatable bonds is 7. The summed E-state index contributed by atoms with van der Waals surface area (Å²) in [6.07, 6.45) is 0. The van der Waals surface area contributed by atoms with Crippen LogP contribution in [0.15, 0.2) is 200 Å². The SMILES string of the molecule is Cc1cc2c3c(c1)N(c1ccc(C(C)C)cc1)c1c(sc4c1-c1ccc(C(C)C)cc1C41c4ccccc4-c4ccccc41)B3c1ccc(-c3ccccc3-c3ccccc3)cc1N2c1ccc(C(C)C)cc1. The van der Waals surface area contributed by atoms with Crippen molar-refractivity contribution < 1.29 is 0 Å². The Kier molecular flexibility index (Phi) is 9.92. The second-order valence-electron chi connectivity index (χ2n) is 21.8. The molecule has 0 amide bonds. The van der Waals surface area contributed by atoms with Gasteiger partial charge in [0.25, 0.3) is 6.71 Å². The number of hydrogen-bond donors (Lipinski definition) is 0. The molecule has 9 aromatic carbocycles. The summed E-state index contributed by atoms with van der Waals surface area (Å²) >= 11 is 2.07. The van der Waals surface area contributed by atoms with Gasteiger partial charge in [-0.25, -0.2) is 0 Å². The van der Waals surface area contributed by atoms with Gasteiger partial charge in [0.15, 0.2) is 0 Å². The zero-order valence-electron chi connectivity index (χ0n) is 42.7. The van der Waals surface area contributed by atoms with Crippen LogP contribution >= 0.6 is 11.3 Å². The van der Waals surface area contributed by atoms with Crippen LogP contribution in [0.2, 0.25) is 0 Å². The summed E-state index contributed by atoms with van der Waals surface area (Å²) in [5, 5.41) is 0. The van der Waals surface area contributed by atoms with Crippen LogP contribution in [0.4, 0.5) is 34.1 Å². The molecule has 0 radical (unpaired) electrons. The van der Waals surface area contributed by atoms with E-state index < -0.39 is 5.41 Å². The molecular formula is C69H57BN2S. The van der Waals surface area contributed by atoms with Crippen molar-refractivity contribution in [3.63, 3.8) is 0 Å². The molecule has 4 heteroatoms. The van der Waals surface area contributed by atoms with Gasteiger partial charge in [-0.2, -0.15) is 0 Å². The Bertz CT molecular complexity index is 3810. The topological polar surface area (TPSA) is 6.48 Å². The van der Waals surface area contributed by atoms with Crippen molar-refractivity contribution in [2.75, 3.05) is 9.80 Å². The third-order valence-corrected chi connectivity index (χ3v) is 18.0. The molecule has 2 nitrogen and oxygen atoms in total. The van der Waals surface area contributed by atoms with Gasteiger partial charge in [0.05, 0.1) is 11.1 Å². The molecule has 0 saturated carbocycles. The lowest BCUT2D eigenvalue weighted by atomic mass is 9.36. The Morgan fingerprint density at radius 1 is 0.425 bits per heavy atom. The first-order valence-corrected chi connectivity index (χ1v) is 27.2. The van der Waals surface area contributed by atoms with Gasteiger partial charge in [-0.3, -0.25) is 0 Å². The van der Waals surface area contributed by atoms with Gasteiger partial charge in [-0.05, 0) is 156 Å². The first-order valence-electron chi connectivity index (χ1n) is 26.4. The van der Waals surface area contributed by atoms with E-state index in [1.54, 1.807) is 0 Å². The predicted molar refractivity (Wildman–Crippen MR) is 313 cm³/mol. The molecule has 0 unspecified atom stereocenters. The molecule has 352 valence electrons. The summed E-state index contributed by atoms with van der Waals surface area (Å²) in [5.74, 6) is 1.24. The monoisotopic (exact) mass is 956 g/mol. The number of thiophene rings is 1. The van der Waals surface area contributed by atoms with Crippen molar-refractivity contribution in [1.82, 2.24) is 0 Å². The fourth-order valence-corrected chi connectivity index (χ4v) is 14.8. The van der Waals surface area contributed by atoms with Gasteiger partial charge in [-0.1, -0.05) is 199 Å². The largest absolute Gasteiger partial charge is 0.311 e. The summed E-state index contributed by atoms with van der Waals surface area (Å²) in [5.41, 5.74) is 29.4. The molecule has 73 heavy (non-hydrogen) atoms. The molecule has 4 aliphatic rings. The van der Waals surface area contributed by atoms with Crippen molar-refractivity contribution in [2.24, 2.45) is 0 Å². The van der Waals surface area contributed by atoms with E-state index in [1.807, 2.05) is 0 Å².